The van der Waals surface area contributed by atoms with E-state index in [0.717, 1.165) is 5.69 Å². The van der Waals surface area contributed by atoms with E-state index in [1.807, 2.05) is 0 Å². The number of nitriles is 1. The number of hydrogen-bond acceptors (Lipinski definition) is 9. The SMILES string of the molecule is C=C(CNC(=O)O)N(CCC#N)c1ccc(N=Nc2nc3ccc([N+](=O)[O-])cc3s2)cc1. The van der Waals surface area contributed by atoms with E-state index in [2.05, 4.69) is 33.2 Å². The highest BCUT2D eigenvalue weighted by atomic mass is 32.1. The van der Waals surface area contributed by atoms with Crippen LogP contribution in [0.1, 0.15) is 6.42 Å². The van der Waals surface area contributed by atoms with Crippen LogP contribution in [0.15, 0.2) is 65.0 Å². The molecule has 1 amide bonds. The summed E-state index contributed by atoms with van der Waals surface area (Å²) in [6, 6.07) is 13.4. The standard InChI is InChI=1S/C20H17N7O4S/c1-13(12-22-20(28)29)26(10-2-9-21)15-5-3-14(4-6-15)24-25-19-23-17-8-7-16(27(30)31)11-18(17)32-19/h3-8,11,22H,1-2,10,12H2,(H,28,29). The van der Waals surface area contributed by atoms with Crippen LogP contribution in [0.4, 0.5) is 27.0 Å². The first-order chi connectivity index (χ1) is 15.4. The van der Waals surface area contributed by atoms with Gasteiger partial charge in [0.2, 0.25) is 5.13 Å². The zero-order valence-electron chi connectivity index (χ0n) is 16.6. The fourth-order valence-corrected chi connectivity index (χ4v) is 3.58. The number of aromatic nitrogens is 1. The molecule has 0 aliphatic carbocycles. The molecule has 1 heterocycles. The summed E-state index contributed by atoms with van der Waals surface area (Å²) in [4.78, 5) is 27.2. The van der Waals surface area contributed by atoms with Crippen molar-refractivity contribution in [1.82, 2.24) is 10.3 Å². The molecule has 0 unspecified atom stereocenters. The molecule has 1 aromatic heterocycles. The van der Waals surface area contributed by atoms with E-state index in [9.17, 15) is 14.9 Å². The smallest absolute Gasteiger partial charge is 0.404 e. The highest BCUT2D eigenvalue weighted by molar-refractivity contribution is 7.21. The highest BCUT2D eigenvalue weighted by Gasteiger charge is 2.12. The Labute approximate surface area is 186 Å². The lowest BCUT2D eigenvalue weighted by Crippen LogP contribution is -2.32. The van der Waals surface area contributed by atoms with Crippen LogP contribution in [0.5, 0.6) is 0 Å². The third kappa shape index (κ3) is 5.61. The van der Waals surface area contributed by atoms with Gasteiger partial charge in [-0.3, -0.25) is 10.1 Å². The second-order valence-electron chi connectivity index (χ2n) is 6.41. The Morgan fingerprint density at radius 3 is 2.72 bits per heavy atom. The molecule has 0 atom stereocenters. The van der Waals surface area contributed by atoms with Gasteiger partial charge in [-0.15, -0.1) is 10.2 Å². The number of nitrogens with zero attached hydrogens (tertiary/aromatic N) is 6. The number of carbonyl (C=O) groups is 1. The summed E-state index contributed by atoms with van der Waals surface area (Å²) in [5.74, 6) is 0. The van der Waals surface area contributed by atoms with Crippen LogP contribution in [0, 0.1) is 21.4 Å². The van der Waals surface area contributed by atoms with Crippen LogP contribution in [0.2, 0.25) is 0 Å². The molecule has 0 radical (unpaired) electrons. The first kappa shape index (κ1) is 22.3. The van der Waals surface area contributed by atoms with Crippen molar-refractivity contribution in [2.45, 2.75) is 6.42 Å². The fourth-order valence-electron chi connectivity index (χ4n) is 2.76. The Morgan fingerprint density at radius 1 is 1.31 bits per heavy atom. The summed E-state index contributed by atoms with van der Waals surface area (Å²) in [7, 11) is 0. The van der Waals surface area contributed by atoms with Crippen LogP contribution >= 0.6 is 11.3 Å². The molecule has 0 saturated carbocycles. The minimum Gasteiger partial charge on any atom is -0.465 e. The molecular formula is C20H17N7O4S. The predicted molar refractivity (Wildman–Crippen MR) is 120 cm³/mol. The number of rotatable bonds is 9. The Bertz CT molecular complexity index is 1230. The zero-order chi connectivity index (χ0) is 23.1. The average molecular weight is 451 g/mol. The largest absolute Gasteiger partial charge is 0.465 e. The molecule has 3 rings (SSSR count). The number of carboxylic acid groups (broad SMARTS) is 1. The van der Waals surface area contributed by atoms with Crippen LogP contribution in [0.25, 0.3) is 10.2 Å². The van der Waals surface area contributed by atoms with Crippen molar-refractivity contribution >= 4 is 49.8 Å². The molecule has 32 heavy (non-hydrogen) atoms. The first-order valence-corrected chi connectivity index (χ1v) is 10.0. The Balaban J connectivity index is 1.74. The van der Waals surface area contributed by atoms with Crippen LogP contribution in [0.3, 0.4) is 0 Å². The van der Waals surface area contributed by atoms with Gasteiger partial charge in [0.05, 0.1) is 39.9 Å². The first-order valence-electron chi connectivity index (χ1n) is 9.23. The molecule has 0 aliphatic rings. The van der Waals surface area contributed by atoms with E-state index in [1.165, 1.54) is 23.5 Å². The van der Waals surface area contributed by atoms with E-state index in [1.54, 1.807) is 35.2 Å². The number of hydrogen-bond donors (Lipinski definition) is 2. The quantitative estimate of drug-likeness (QED) is 0.259. The monoisotopic (exact) mass is 451 g/mol. The molecule has 0 bridgehead atoms. The number of azo groups is 1. The summed E-state index contributed by atoms with van der Waals surface area (Å²) in [5, 5.41) is 39.5. The van der Waals surface area contributed by atoms with Crippen molar-refractivity contribution in [1.29, 1.82) is 5.26 Å². The van der Waals surface area contributed by atoms with Crippen LogP contribution < -0.4 is 10.2 Å². The molecule has 12 heteroatoms. The van der Waals surface area contributed by atoms with Crippen LogP contribution in [-0.4, -0.2) is 34.2 Å². The van der Waals surface area contributed by atoms with Gasteiger partial charge in [-0.1, -0.05) is 17.9 Å². The van der Waals surface area contributed by atoms with Gasteiger partial charge < -0.3 is 15.3 Å². The Hall–Kier alpha value is -4.37. The topological polar surface area (TPSA) is 157 Å². The predicted octanol–water partition coefficient (Wildman–Crippen LogP) is 5.12. The minimum absolute atomic E-state index is 0.0127. The molecule has 0 saturated heterocycles. The number of nitro benzene ring substituents is 1. The van der Waals surface area contributed by atoms with E-state index >= 15 is 0 Å². The van der Waals surface area contributed by atoms with Crippen molar-refractivity contribution in [3.63, 3.8) is 0 Å². The number of non-ortho nitro benzene ring substituents is 1. The average Bonchev–Trinajstić information content (AvgIpc) is 3.19. The number of thiazole rings is 1. The Morgan fingerprint density at radius 2 is 2.06 bits per heavy atom. The number of benzene rings is 2. The number of amides is 1. The van der Waals surface area contributed by atoms with E-state index < -0.39 is 11.0 Å². The molecule has 2 aromatic carbocycles. The molecule has 2 N–H and O–H groups in total. The molecule has 0 spiro atoms. The normalized spacial score (nSPS) is 10.7. The van der Waals surface area contributed by atoms with Crippen molar-refractivity contribution in [3.8, 4) is 6.07 Å². The lowest BCUT2D eigenvalue weighted by Gasteiger charge is -2.26. The van der Waals surface area contributed by atoms with E-state index in [4.69, 9.17) is 10.4 Å². The van der Waals surface area contributed by atoms with Crippen molar-refractivity contribution in [3.05, 3.63) is 64.9 Å². The molecular weight excluding hydrogens is 434 g/mol. The maximum absolute atomic E-state index is 10.9. The second-order valence-corrected chi connectivity index (χ2v) is 7.42. The molecule has 11 nitrogen and oxygen atoms in total. The van der Waals surface area contributed by atoms with Crippen molar-refractivity contribution in [2.24, 2.45) is 10.2 Å². The molecule has 162 valence electrons. The summed E-state index contributed by atoms with van der Waals surface area (Å²) in [6.45, 7) is 4.27. The zero-order valence-corrected chi connectivity index (χ0v) is 17.4. The van der Waals surface area contributed by atoms with Gasteiger partial charge in [0.15, 0.2) is 0 Å². The molecule has 0 aliphatic heterocycles. The van der Waals surface area contributed by atoms with Gasteiger partial charge in [-0.25, -0.2) is 9.78 Å². The van der Waals surface area contributed by atoms with Crippen molar-refractivity contribution in [2.75, 3.05) is 18.0 Å². The minimum atomic E-state index is -1.16. The summed E-state index contributed by atoms with van der Waals surface area (Å²) < 4.78 is 0.644. The number of nitro groups is 1. The fraction of sp³-hybridized carbons (Fsp3) is 0.150. The van der Waals surface area contributed by atoms with Crippen LogP contribution in [-0.2, 0) is 0 Å². The maximum Gasteiger partial charge on any atom is 0.404 e. The Kier molecular flexibility index (Phi) is 7.04. The van der Waals surface area contributed by atoms with Gasteiger partial charge in [0.1, 0.15) is 0 Å². The highest BCUT2D eigenvalue weighted by Crippen LogP contribution is 2.32. The maximum atomic E-state index is 10.9. The third-order valence-electron chi connectivity index (χ3n) is 4.26. The van der Waals surface area contributed by atoms with E-state index in [0.29, 0.717) is 33.3 Å². The van der Waals surface area contributed by atoms with Crippen molar-refractivity contribution < 1.29 is 14.8 Å². The number of fused-ring (bicyclic) bond motifs is 1. The lowest BCUT2D eigenvalue weighted by atomic mass is 10.2. The molecule has 0 fully saturated rings. The summed E-state index contributed by atoms with van der Waals surface area (Å²) in [6.07, 6.45) is -0.921. The summed E-state index contributed by atoms with van der Waals surface area (Å²) in [5.41, 5.74) is 2.37. The third-order valence-corrected chi connectivity index (χ3v) is 5.16. The van der Waals surface area contributed by atoms with Gasteiger partial charge in [-0.05, 0) is 30.3 Å². The second kappa shape index (κ2) is 10.1. The molecule has 3 aromatic rings. The lowest BCUT2D eigenvalue weighted by molar-refractivity contribution is -0.384. The van der Waals surface area contributed by atoms with Gasteiger partial charge >= 0.3 is 6.09 Å². The van der Waals surface area contributed by atoms with E-state index in [-0.39, 0.29) is 18.7 Å². The van der Waals surface area contributed by atoms with Gasteiger partial charge in [0, 0.05) is 30.1 Å². The summed E-state index contributed by atoms with van der Waals surface area (Å²) >= 11 is 1.20. The number of anilines is 1. The van der Waals surface area contributed by atoms with Gasteiger partial charge in [-0.2, -0.15) is 5.26 Å². The van der Waals surface area contributed by atoms with Gasteiger partial charge in [0.25, 0.3) is 5.69 Å². The number of nitrogens with one attached hydrogen (secondary N) is 1.